The van der Waals surface area contributed by atoms with Crippen molar-refractivity contribution in [2.45, 2.75) is 11.8 Å². The maximum absolute atomic E-state index is 13.2. The number of rotatable bonds is 3. The van der Waals surface area contributed by atoms with E-state index in [0.29, 0.717) is 23.1 Å². The van der Waals surface area contributed by atoms with Crippen LogP contribution in [0.4, 0.5) is 5.69 Å². The van der Waals surface area contributed by atoms with E-state index in [2.05, 4.69) is 0 Å². The monoisotopic (exact) mass is 420 g/mol. The van der Waals surface area contributed by atoms with Crippen LogP contribution in [0.1, 0.15) is 17.4 Å². The van der Waals surface area contributed by atoms with E-state index in [4.69, 9.17) is 23.2 Å². The van der Waals surface area contributed by atoms with E-state index in [9.17, 15) is 9.59 Å². The van der Waals surface area contributed by atoms with Gasteiger partial charge in [-0.25, -0.2) is 0 Å². The molecule has 2 aromatic rings. The van der Waals surface area contributed by atoms with Crippen molar-refractivity contribution in [3.8, 4) is 0 Å². The van der Waals surface area contributed by atoms with Gasteiger partial charge in [-0.3, -0.25) is 9.59 Å². The highest BCUT2D eigenvalue weighted by atomic mass is 35.5. The molecular weight excluding hydrogens is 403 g/mol. The van der Waals surface area contributed by atoms with Gasteiger partial charge in [0.25, 0.3) is 0 Å². The van der Waals surface area contributed by atoms with Crippen molar-refractivity contribution in [1.29, 1.82) is 0 Å². The van der Waals surface area contributed by atoms with Crippen LogP contribution in [0, 0.1) is 5.92 Å². The van der Waals surface area contributed by atoms with Crippen molar-refractivity contribution in [2.24, 2.45) is 5.92 Å². The molecule has 2 fully saturated rings. The summed E-state index contributed by atoms with van der Waals surface area (Å²) in [5.74, 6) is 0.520. The second kappa shape index (κ2) is 7.74. The molecule has 0 saturated carbocycles. The number of carbonyl (C=O) groups excluding carboxylic acids is 2. The number of nitrogens with zero attached hydrogens (tertiary/aromatic N) is 2. The average molecular weight is 421 g/mol. The van der Waals surface area contributed by atoms with Crippen LogP contribution in [-0.4, -0.2) is 35.6 Å². The largest absolute Gasteiger partial charge is 0.325 e. The molecule has 2 aliphatic rings. The Labute approximate surface area is 172 Å². The first kappa shape index (κ1) is 18.7. The molecule has 0 radical (unpaired) electrons. The molecule has 2 aromatic carbocycles. The Hall–Kier alpha value is -1.69. The first-order chi connectivity index (χ1) is 13.0. The summed E-state index contributed by atoms with van der Waals surface area (Å²) in [6.07, 6.45) is 0.234. The summed E-state index contributed by atoms with van der Waals surface area (Å²) in [7, 11) is 0. The summed E-state index contributed by atoms with van der Waals surface area (Å²) >= 11 is 14.0. The zero-order valence-electron chi connectivity index (χ0n) is 14.5. The molecule has 0 N–H and O–H groups in total. The molecule has 2 amide bonds. The molecule has 2 saturated heterocycles. The molecule has 2 unspecified atom stereocenters. The molecular formula is C20H18Cl2N2O2S. The topological polar surface area (TPSA) is 40.6 Å². The lowest BCUT2D eigenvalue weighted by atomic mass is 10.1. The fraction of sp³-hybridized carbons (Fsp3) is 0.300. The lowest BCUT2D eigenvalue weighted by molar-refractivity contribution is -0.136. The van der Waals surface area contributed by atoms with Gasteiger partial charge >= 0.3 is 0 Å². The standard InChI is InChI=1S/C20H18Cl2N2O2S/c21-14-5-7-15(8-6-14)24-12-13(11-18(24)25)19(26)23-9-10-27-20(23)16-3-1-2-4-17(16)22/h1-8,13,20H,9-12H2. The van der Waals surface area contributed by atoms with Crippen LogP contribution in [-0.2, 0) is 9.59 Å². The van der Waals surface area contributed by atoms with Crippen molar-refractivity contribution in [3.05, 3.63) is 64.1 Å². The molecule has 2 atom stereocenters. The maximum atomic E-state index is 13.2. The summed E-state index contributed by atoms with van der Waals surface area (Å²) in [6.45, 7) is 1.07. The van der Waals surface area contributed by atoms with E-state index in [1.54, 1.807) is 28.8 Å². The molecule has 4 rings (SSSR count). The van der Waals surface area contributed by atoms with E-state index in [0.717, 1.165) is 17.0 Å². The van der Waals surface area contributed by atoms with Crippen LogP contribution in [0.25, 0.3) is 0 Å². The van der Waals surface area contributed by atoms with Crippen LogP contribution < -0.4 is 4.90 Å². The van der Waals surface area contributed by atoms with E-state index in [1.165, 1.54) is 0 Å². The third-order valence-electron chi connectivity index (χ3n) is 4.96. The molecule has 0 aliphatic carbocycles. The lowest BCUT2D eigenvalue weighted by Gasteiger charge is -2.27. The van der Waals surface area contributed by atoms with E-state index in [-0.39, 0.29) is 29.5 Å². The van der Waals surface area contributed by atoms with Gasteiger partial charge in [0.2, 0.25) is 11.8 Å². The van der Waals surface area contributed by atoms with E-state index < -0.39 is 0 Å². The highest BCUT2D eigenvalue weighted by Gasteiger charge is 2.41. The predicted molar refractivity (Wildman–Crippen MR) is 110 cm³/mol. The van der Waals surface area contributed by atoms with Crippen LogP contribution in [0.5, 0.6) is 0 Å². The number of anilines is 1. The van der Waals surface area contributed by atoms with E-state index in [1.807, 2.05) is 41.3 Å². The van der Waals surface area contributed by atoms with Gasteiger partial charge < -0.3 is 9.80 Å². The van der Waals surface area contributed by atoms with Gasteiger partial charge in [-0.1, -0.05) is 41.4 Å². The van der Waals surface area contributed by atoms with Gasteiger partial charge in [-0.05, 0) is 30.3 Å². The summed E-state index contributed by atoms with van der Waals surface area (Å²) in [5, 5.41) is 1.19. The molecule has 0 aromatic heterocycles. The second-order valence-electron chi connectivity index (χ2n) is 6.66. The summed E-state index contributed by atoms with van der Waals surface area (Å²) in [4.78, 5) is 29.2. The first-order valence-electron chi connectivity index (χ1n) is 8.77. The molecule has 0 spiro atoms. The van der Waals surface area contributed by atoms with Gasteiger partial charge in [0.05, 0.1) is 5.92 Å². The predicted octanol–water partition coefficient (Wildman–Crippen LogP) is 4.62. The SMILES string of the molecule is O=C1CC(C(=O)N2CCSC2c2ccccc2Cl)CN1c1ccc(Cl)cc1. The highest BCUT2D eigenvalue weighted by molar-refractivity contribution is 7.99. The minimum absolute atomic E-state index is 0.0229. The second-order valence-corrected chi connectivity index (χ2v) is 8.69. The Morgan fingerprint density at radius 3 is 2.56 bits per heavy atom. The van der Waals surface area contributed by atoms with Gasteiger partial charge in [0, 0.05) is 46.6 Å². The first-order valence-corrected chi connectivity index (χ1v) is 10.6. The van der Waals surface area contributed by atoms with Crippen LogP contribution in [0.15, 0.2) is 48.5 Å². The number of amides is 2. The number of hydrogen-bond donors (Lipinski definition) is 0. The Morgan fingerprint density at radius 1 is 1.07 bits per heavy atom. The summed E-state index contributed by atoms with van der Waals surface area (Å²) in [6, 6.07) is 14.8. The molecule has 27 heavy (non-hydrogen) atoms. The zero-order valence-corrected chi connectivity index (χ0v) is 16.8. The Balaban J connectivity index is 1.52. The van der Waals surface area contributed by atoms with Crippen molar-refractivity contribution >= 4 is 52.5 Å². The van der Waals surface area contributed by atoms with E-state index >= 15 is 0 Å². The molecule has 0 bridgehead atoms. The average Bonchev–Trinajstić information content (AvgIpc) is 3.29. The Kier molecular flexibility index (Phi) is 5.35. The highest BCUT2D eigenvalue weighted by Crippen LogP contribution is 2.42. The fourth-order valence-electron chi connectivity index (χ4n) is 3.61. The molecule has 140 valence electrons. The van der Waals surface area contributed by atoms with Crippen LogP contribution in [0.3, 0.4) is 0 Å². The van der Waals surface area contributed by atoms with Crippen molar-refractivity contribution in [2.75, 3.05) is 23.7 Å². The molecule has 7 heteroatoms. The third-order valence-corrected chi connectivity index (χ3v) is 6.80. The minimum Gasteiger partial charge on any atom is -0.325 e. The minimum atomic E-state index is -0.336. The van der Waals surface area contributed by atoms with Gasteiger partial charge in [0.1, 0.15) is 5.37 Å². The molecule has 2 heterocycles. The number of halogens is 2. The number of carbonyl (C=O) groups is 2. The quantitative estimate of drug-likeness (QED) is 0.726. The normalized spacial score (nSPS) is 22.5. The smallest absolute Gasteiger partial charge is 0.229 e. The number of hydrogen-bond acceptors (Lipinski definition) is 3. The third kappa shape index (κ3) is 3.68. The number of thioether (sulfide) groups is 1. The Bertz CT molecular complexity index is 875. The number of benzene rings is 2. The van der Waals surface area contributed by atoms with Gasteiger partial charge in [-0.15, -0.1) is 11.8 Å². The van der Waals surface area contributed by atoms with Crippen molar-refractivity contribution in [3.63, 3.8) is 0 Å². The molecule has 4 nitrogen and oxygen atoms in total. The van der Waals surface area contributed by atoms with Crippen molar-refractivity contribution < 1.29 is 9.59 Å². The van der Waals surface area contributed by atoms with Crippen LogP contribution >= 0.6 is 35.0 Å². The molecule has 2 aliphatic heterocycles. The summed E-state index contributed by atoms with van der Waals surface area (Å²) in [5.41, 5.74) is 1.73. The summed E-state index contributed by atoms with van der Waals surface area (Å²) < 4.78 is 0. The van der Waals surface area contributed by atoms with Crippen molar-refractivity contribution in [1.82, 2.24) is 4.90 Å². The van der Waals surface area contributed by atoms with Gasteiger partial charge in [-0.2, -0.15) is 0 Å². The van der Waals surface area contributed by atoms with Crippen LogP contribution in [0.2, 0.25) is 10.0 Å². The zero-order chi connectivity index (χ0) is 19.0. The Morgan fingerprint density at radius 2 is 1.81 bits per heavy atom. The maximum Gasteiger partial charge on any atom is 0.229 e. The lowest BCUT2D eigenvalue weighted by Crippen LogP contribution is -2.37. The van der Waals surface area contributed by atoms with Gasteiger partial charge in [0.15, 0.2) is 0 Å². The fourth-order valence-corrected chi connectivity index (χ4v) is 5.34.